The van der Waals surface area contributed by atoms with Crippen LogP contribution < -0.4 is 4.80 Å². The third kappa shape index (κ3) is 4.19. The average molecular weight is 442 g/mol. The van der Waals surface area contributed by atoms with Gasteiger partial charge >= 0.3 is 5.00 Å². The number of carbonyl (C=O) groups is 1. The molecule has 0 aliphatic heterocycles. The summed E-state index contributed by atoms with van der Waals surface area (Å²) in [6.07, 6.45) is 1.12. The number of benzene rings is 1. The fraction of sp³-hybridized carbons (Fsp3) is 0.250. The molecule has 0 atom stereocenters. The van der Waals surface area contributed by atoms with Gasteiger partial charge in [0.15, 0.2) is 14.6 Å². The Kier molecular flexibility index (Phi) is 5.74. The summed E-state index contributed by atoms with van der Waals surface area (Å²) in [5, 5.41) is 10.7. The van der Waals surface area contributed by atoms with E-state index in [1.54, 1.807) is 17.7 Å². The van der Waals surface area contributed by atoms with E-state index in [2.05, 4.69) is 4.99 Å². The predicted molar refractivity (Wildman–Crippen MR) is 106 cm³/mol. The van der Waals surface area contributed by atoms with Crippen LogP contribution in [-0.2, 0) is 21.1 Å². The number of aromatic nitrogens is 1. The van der Waals surface area contributed by atoms with Gasteiger partial charge in [0.2, 0.25) is 0 Å². The standard InChI is InChI=1S/C16H15N3O6S3/c1-25-8-7-18-11-4-3-10(28(2,23)24)9-13(11)27-16(18)17-15(20)12-5-6-14(26-12)19(21)22/h3-6,9H,7-8H2,1-2H3. The maximum absolute atomic E-state index is 12.5. The van der Waals surface area contributed by atoms with Crippen molar-refractivity contribution in [2.45, 2.75) is 11.4 Å². The SMILES string of the molecule is COCCn1c(=NC(=O)c2ccc([N+](=O)[O-])s2)sc2cc(S(C)(=O)=O)ccc21. The number of carbonyl (C=O) groups excluding carboxylic acids is 1. The fourth-order valence-electron chi connectivity index (χ4n) is 2.45. The molecular formula is C16H15N3O6S3. The molecule has 0 saturated carbocycles. The van der Waals surface area contributed by atoms with Crippen molar-refractivity contribution >= 4 is 53.6 Å². The number of hydrogen-bond acceptors (Lipinski definition) is 8. The van der Waals surface area contributed by atoms with Crippen LogP contribution in [0.25, 0.3) is 10.2 Å². The largest absolute Gasteiger partial charge is 0.383 e. The van der Waals surface area contributed by atoms with E-state index in [-0.39, 0.29) is 14.8 Å². The highest BCUT2D eigenvalue weighted by Gasteiger charge is 2.16. The second-order valence-electron chi connectivity index (χ2n) is 5.74. The Morgan fingerprint density at radius 3 is 2.64 bits per heavy atom. The Labute approximate surface area is 167 Å². The topological polar surface area (TPSA) is 121 Å². The summed E-state index contributed by atoms with van der Waals surface area (Å²) < 4.78 is 31.1. The Balaban J connectivity index is 2.12. The number of hydrogen-bond donors (Lipinski definition) is 0. The maximum atomic E-state index is 12.5. The van der Waals surface area contributed by atoms with Gasteiger partial charge in [0.25, 0.3) is 5.91 Å². The molecule has 0 saturated heterocycles. The molecule has 0 spiro atoms. The lowest BCUT2D eigenvalue weighted by molar-refractivity contribution is -0.380. The summed E-state index contributed by atoms with van der Waals surface area (Å²) in [5.41, 5.74) is 0.721. The molecule has 0 fully saturated rings. The van der Waals surface area contributed by atoms with E-state index in [4.69, 9.17) is 4.74 Å². The fourth-order valence-corrected chi connectivity index (χ4v) is 4.97. The van der Waals surface area contributed by atoms with Gasteiger partial charge in [-0.05, 0) is 24.3 Å². The number of nitrogens with zero attached hydrogens (tertiary/aromatic N) is 3. The van der Waals surface area contributed by atoms with Crippen LogP contribution in [-0.4, -0.2) is 43.8 Å². The first kappa shape index (κ1) is 20.3. The number of thiophene rings is 1. The zero-order valence-corrected chi connectivity index (χ0v) is 17.3. The molecule has 148 valence electrons. The molecule has 2 heterocycles. The van der Waals surface area contributed by atoms with Gasteiger partial charge < -0.3 is 9.30 Å². The minimum Gasteiger partial charge on any atom is -0.383 e. The van der Waals surface area contributed by atoms with Crippen molar-refractivity contribution < 1.29 is 22.9 Å². The van der Waals surface area contributed by atoms with Crippen molar-refractivity contribution in [3.63, 3.8) is 0 Å². The van der Waals surface area contributed by atoms with E-state index in [9.17, 15) is 23.3 Å². The number of ether oxygens (including phenoxy) is 1. The van der Waals surface area contributed by atoms with Gasteiger partial charge in [-0.15, -0.1) is 0 Å². The van der Waals surface area contributed by atoms with Gasteiger partial charge in [-0.1, -0.05) is 22.7 Å². The van der Waals surface area contributed by atoms with E-state index in [0.717, 1.165) is 23.1 Å². The van der Waals surface area contributed by atoms with Gasteiger partial charge in [0.05, 0.1) is 26.6 Å². The molecule has 0 unspecified atom stereocenters. The molecule has 0 N–H and O–H groups in total. The number of thiazole rings is 1. The van der Waals surface area contributed by atoms with Crippen LogP contribution in [0, 0.1) is 10.1 Å². The van der Waals surface area contributed by atoms with E-state index in [1.165, 1.54) is 35.6 Å². The summed E-state index contributed by atoms with van der Waals surface area (Å²) in [7, 11) is -1.83. The number of methoxy groups -OCH3 is 1. The minimum absolute atomic E-state index is 0.139. The number of sulfone groups is 1. The van der Waals surface area contributed by atoms with E-state index >= 15 is 0 Å². The molecule has 3 aromatic rings. The van der Waals surface area contributed by atoms with Crippen LogP contribution in [0.3, 0.4) is 0 Å². The number of nitro groups is 1. The molecule has 1 amide bonds. The molecule has 1 aromatic carbocycles. The maximum Gasteiger partial charge on any atom is 0.324 e. The quantitative estimate of drug-likeness (QED) is 0.428. The van der Waals surface area contributed by atoms with E-state index < -0.39 is 20.7 Å². The minimum atomic E-state index is -3.37. The second kappa shape index (κ2) is 7.91. The van der Waals surface area contributed by atoms with Crippen molar-refractivity contribution in [2.24, 2.45) is 4.99 Å². The van der Waals surface area contributed by atoms with Crippen molar-refractivity contribution in [3.8, 4) is 0 Å². The van der Waals surface area contributed by atoms with Crippen molar-refractivity contribution in [2.75, 3.05) is 20.0 Å². The van der Waals surface area contributed by atoms with Crippen molar-refractivity contribution in [1.82, 2.24) is 4.57 Å². The van der Waals surface area contributed by atoms with Crippen molar-refractivity contribution in [3.05, 3.63) is 50.1 Å². The lowest BCUT2D eigenvalue weighted by Crippen LogP contribution is -2.19. The van der Waals surface area contributed by atoms with Gasteiger partial charge in [-0.25, -0.2) is 8.42 Å². The van der Waals surface area contributed by atoms with Crippen LogP contribution >= 0.6 is 22.7 Å². The highest BCUT2D eigenvalue weighted by atomic mass is 32.2. The number of fused-ring (bicyclic) bond motifs is 1. The normalized spacial score (nSPS) is 12.6. The van der Waals surface area contributed by atoms with Gasteiger partial charge in [-0.3, -0.25) is 14.9 Å². The molecule has 0 bridgehead atoms. The Hall–Kier alpha value is -2.41. The van der Waals surface area contributed by atoms with Gasteiger partial charge in [0, 0.05) is 26.0 Å². The Bertz CT molecular complexity index is 1240. The highest BCUT2D eigenvalue weighted by Crippen LogP contribution is 2.25. The summed E-state index contributed by atoms with van der Waals surface area (Å²) in [6.45, 7) is 0.775. The van der Waals surface area contributed by atoms with E-state index in [1.807, 2.05) is 0 Å². The second-order valence-corrected chi connectivity index (χ2v) is 9.83. The Morgan fingerprint density at radius 2 is 2.04 bits per heavy atom. The van der Waals surface area contributed by atoms with Crippen LogP contribution in [0.5, 0.6) is 0 Å². The lowest BCUT2D eigenvalue weighted by atomic mass is 10.3. The van der Waals surface area contributed by atoms with Crippen LogP contribution in [0.2, 0.25) is 0 Å². The van der Waals surface area contributed by atoms with Gasteiger partial charge in [-0.2, -0.15) is 4.99 Å². The molecule has 28 heavy (non-hydrogen) atoms. The number of amides is 1. The highest BCUT2D eigenvalue weighted by molar-refractivity contribution is 7.90. The molecule has 12 heteroatoms. The average Bonchev–Trinajstić information content (AvgIpc) is 3.24. The van der Waals surface area contributed by atoms with E-state index in [0.29, 0.717) is 22.7 Å². The number of rotatable bonds is 6. The first-order chi connectivity index (χ1) is 13.2. The third-order valence-electron chi connectivity index (χ3n) is 3.78. The smallest absolute Gasteiger partial charge is 0.324 e. The molecule has 0 aliphatic carbocycles. The van der Waals surface area contributed by atoms with Gasteiger partial charge in [0.1, 0.15) is 4.88 Å². The first-order valence-electron chi connectivity index (χ1n) is 7.86. The molecule has 0 aliphatic rings. The monoisotopic (exact) mass is 441 g/mol. The first-order valence-corrected chi connectivity index (χ1v) is 11.4. The lowest BCUT2D eigenvalue weighted by Gasteiger charge is -2.04. The molecule has 0 radical (unpaired) electrons. The molecule has 3 rings (SSSR count). The van der Waals surface area contributed by atoms with Crippen molar-refractivity contribution in [1.29, 1.82) is 0 Å². The zero-order chi connectivity index (χ0) is 20.5. The third-order valence-corrected chi connectivity index (χ3v) is 6.96. The van der Waals surface area contributed by atoms with Crippen LogP contribution in [0.15, 0.2) is 40.2 Å². The summed E-state index contributed by atoms with van der Waals surface area (Å²) in [5.74, 6) is -0.598. The Morgan fingerprint density at radius 1 is 1.29 bits per heavy atom. The summed E-state index contributed by atoms with van der Waals surface area (Å²) >= 11 is 1.92. The summed E-state index contributed by atoms with van der Waals surface area (Å²) in [6, 6.07) is 7.33. The molecule has 9 nitrogen and oxygen atoms in total. The summed E-state index contributed by atoms with van der Waals surface area (Å²) in [4.78, 5) is 27.5. The predicted octanol–water partition coefficient (Wildman–Crippen LogP) is 2.46. The molecular weight excluding hydrogens is 426 g/mol. The zero-order valence-electron chi connectivity index (χ0n) is 14.8. The van der Waals surface area contributed by atoms with Crippen LogP contribution in [0.4, 0.5) is 5.00 Å². The molecule has 2 aromatic heterocycles. The van der Waals surface area contributed by atoms with Crippen LogP contribution in [0.1, 0.15) is 9.67 Å².